The molecule has 0 amide bonds. The molecule has 88 valence electrons. The summed E-state index contributed by atoms with van der Waals surface area (Å²) in [6.45, 7) is 1.07. The lowest BCUT2D eigenvalue weighted by molar-refractivity contribution is 0.400. The number of nitrogens with two attached hydrogens (primary N) is 1. The van der Waals surface area contributed by atoms with Gasteiger partial charge in [-0.15, -0.1) is 0 Å². The molecule has 0 fully saturated rings. The van der Waals surface area contributed by atoms with Crippen LogP contribution in [0.25, 0.3) is 0 Å². The Labute approximate surface area is 96.4 Å². The van der Waals surface area contributed by atoms with Crippen molar-refractivity contribution < 1.29 is 5.11 Å². The van der Waals surface area contributed by atoms with Crippen molar-refractivity contribution in [3.8, 4) is 0 Å². The molecule has 0 bridgehead atoms. The van der Waals surface area contributed by atoms with Crippen molar-refractivity contribution >= 4 is 0 Å². The summed E-state index contributed by atoms with van der Waals surface area (Å²) in [7, 11) is 4.06. The highest BCUT2D eigenvalue weighted by Gasteiger charge is 1.98. The lowest BCUT2D eigenvalue weighted by atomic mass is 10.2. The van der Waals surface area contributed by atoms with Gasteiger partial charge in [-0.2, -0.15) is 0 Å². The second-order valence-electron chi connectivity index (χ2n) is 4.00. The number of pyridine rings is 1. The smallest absolute Gasteiger partial charge is 0.102 e. The third-order valence-electron chi connectivity index (χ3n) is 2.14. The lowest BCUT2D eigenvalue weighted by Crippen LogP contribution is -2.11. The summed E-state index contributed by atoms with van der Waals surface area (Å²) in [6.07, 6.45) is 4.10. The maximum atomic E-state index is 9.23. The molecule has 0 aliphatic carbocycles. The fourth-order valence-electron chi connectivity index (χ4n) is 1.41. The number of nitrogens with zero attached hydrogens (tertiary/aromatic N) is 2. The SMILES string of the molecule is CN(C)Cc1ccnc(C/C=C(/O)CN)c1. The number of rotatable bonds is 5. The van der Waals surface area contributed by atoms with Crippen LogP contribution < -0.4 is 5.73 Å². The molecule has 16 heavy (non-hydrogen) atoms. The first kappa shape index (κ1) is 12.7. The fourth-order valence-corrected chi connectivity index (χ4v) is 1.41. The van der Waals surface area contributed by atoms with Gasteiger partial charge in [0, 0.05) is 24.9 Å². The normalized spacial score (nSPS) is 12.1. The standard InChI is InChI=1S/C12H19N3O/c1-15(2)9-10-5-6-14-11(7-10)3-4-12(16)8-13/h4-7,16H,3,8-9,13H2,1-2H3/b12-4+. The van der Waals surface area contributed by atoms with E-state index in [0.29, 0.717) is 6.42 Å². The van der Waals surface area contributed by atoms with Crippen LogP contribution in [-0.2, 0) is 13.0 Å². The molecule has 1 aromatic rings. The zero-order chi connectivity index (χ0) is 12.0. The van der Waals surface area contributed by atoms with E-state index in [-0.39, 0.29) is 12.3 Å². The molecule has 0 aromatic carbocycles. The summed E-state index contributed by atoms with van der Waals surface area (Å²) in [5.41, 5.74) is 7.45. The number of aliphatic hydroxyl groups is 1. The Balaban J connectivity index is 2.67. The van der Waals surface area contributed by atoms with Gasteiger partial charge in [0.2, 0.25) is 0 Å². The Kier molecular flexibility index (Phi) is 4.95. The van der Waals surface area contributed by atoms with Crippen LogP contribution in [0.15, 0.2) is 30.2 Å². The summed E-state index contributed by atoms with van der Waals surface area (Å²) < 4.78 is 0. The molecule has 1 rings (SSSR count). The highest BCUT2D eigenvalue weighted by Crippen LogP contribution is 2.05. The van der Waals surface area contributed by atoms with Gasteiger partial charge < -0.3 is 15.7 Å². The van der Waals surface area contributed by atoms with Gasteiger partial charge >= 0.3 is 0 Å². The molecule has 0 atom stereocenters. The summed E-state index contributed by atoms with van der Waals surface area (Å²) in [4.78, 5) is 6.34. The quantitative estimate of drug-likeness (QED) is 0.731. The van der Waals surface area contributed by atoms with Crippen LogP contribution in [0.3, 0.4) is 0 Å². The van der Waals surface area contributed by atoms with Crippen molar-refractivity contribution in [1.29, 1.82) is 0 Å². The minimum atomic E-state index is 0.178. The third-order valence-corrected chi connectivity index (χ3v) is 2.14. The molecule has 1 heterocycles. The first-order valence-corrected chi connectivity index (χ1v) is 5.28. The maximum Gasteiger partial charge on any atom is 0.102 e. The summed E-state index contributed by atoms with van der Waals surface area (Å²) in [5.74, 6) is 0.208. The molecule has 0 spiro atoms. The van der Waals surface area contributed by atoms with Gasteiger partial charge in [-0.1, -0.05) is 0 Å². The van der Waals surface area contributed by atoms with Crippen LogP contribution in [0.2, 0.25) is 0 Å². The molecule has 4 nitrogen and oxygen atoms in total. The number of hydrogen-bond donors (Lipinski definition) is 2. The van der Waals surface area contributed by atoms with Crippen LogP contribution >= 0.6 is 0 Å². The fraction of sp³-hybridized carbons (Fsp3) is 0.417. The van der Waals surface area contributed by atoms with Gasteiger partial charge in [0.1, 0.15) is 5.76 Å². The second-order valence-corrected chi connectivity index (χ2v) is 4.00. The minimum Gasteiger partial charge on any atom is -0.511 e. The maximum absolute atomic E-state index is 9.23. The van der Waals surface area contributed by atoms with Crippen molar-refractivity contribution in [2.75, 3.05) is 20.6 Å². The van der Waals surface area contributed by atoms with E-state index in [1.54, 1.807) is 12.3 Å². The van der Waals surface area contributed by atoms with Crippen LogP contribution in [-0.4, -0.2) is 35.6 Å². The summed E-state index contributed by atoms with van der Waals surface area (Å²) in [6, 6.07) is 4.04. The molecule has 0 aliphatic heterocycles. The van der Waals surface area contributed by atoms with Crippen LogP contribution in [0, 0.1) is 0 Å². The molecule has 3 N–H and O–H groups in total. The highest BCUT2D eigenvalue weighted by molar-refractivity contribution is 5.18. The van der Waals surface area contributed by atoms with Crippen LogP contribution in [0.5, 0.6) is 0 Å². The van der Waals surface area contributed by atoms with Gasteiger partial charge in [-0.3, -0.25) is 4.98 Å². The Hall–Kier alpha value is -1.39. The van der Waals surface area contributed by atoms with Gasteiger partial charge in [0.25, 0.3) is 0 Å². The molecular weight excluding hydrogens is 202 g/mol. The topological polar surface area (TPSA) is 62.4 Å². The van der Waals surface area contributed by atoms with Crippen molar-refractivity contribution in [1.82, 2.24) is 9.88 Å². The highest BCUT2D eigenvalue weighted by atomic mass is 16.3. The molecule has 4 heteroatoms. The number of hydrogen-bond acceptors (Lipinski definition) is 4. The Morgan fingerprint density at radius 1 is 1.56 bits per heavy atom. The first-order chi connectivity index (χ1) is 7.61. The van der Waals surface area contributed by atoms with Gasteiger partial charge in [-0.25, -0.2) is 0 Å². The predicted molar refractivity (Wildman–Crippen MR) is 65.1 cm³/mol. The average Bonchev–Trinajstić information content (AvgIpc) is 2.25. The summed E-state index contributed by atoms with van der Waals surface area (Å²) in [5, 5.41) is 9.23. The van der Waals surface area contributed by atoms with Crippen LogP contribution in [0.4, 0.5) is 0 Å². The van der Waals surface area contributed by atoms with E-state index in [9.17, 15) is 5.11 Å². The van der Waals surface area contributed by atoms with E-state index < -0.39 is 0 Å². The monoisotopic (exact) mass is 221 g/mol. The van der Waals surface area contributed by atoms with Crippen molar-refractivity contribution in [3.63, 3.8) is 0 Å². The predicted octanol–water partition coefficient (Wildman–Crippen LogP) is 1.09. The van der Waals surface area contributed by atoms with E-state index >= 15 is 0 Å². The van der Waals surface area contributed by atoms with E-state index in [1.165, 1.54) is 5.56 Å². The molecule has 0 unspecified atom stereocenters. The minimum absolute atomic E-state index is 0.178. The van der Waals surface area contributed by atoms with Crippen molar-refractivity contribution in [3.05, 3.63) is 41.4 Å². The number of aliphatic hydroxyl groups excluding tert-OH is 1. The van der Waals surface area contributed by atoms with Gasteiger partial charge in [0.15, 0.2) is 0 Å². The Morgan fingerprint density at radius 2 is 2.31 bits per heavy atom. The third kappa shape index (κ3) is 4.42. The van der Waals surface area contributed by atoms with E-state index in [1.807, 2.05) is 26.2 Å². The zero-order valence-corrected chi connectivity index (χ0v) is 9.85. The Bertz CT molecular complexity index is 361. The molecule has 0 radical (unpaired) electrons. The van der Waals surface area contributed by atoms with Crippen molar-refractivity contribution in [2.24, 2.45) is 5.73 Å². The largest absolute Gasteiger partial charge is 0.511 e. The molecule has 1 aromatic heterocycles. The van der Waals surface area contributed by atoms with E-state index in [2.05, 4.69) is 9.88 Å². The first-order valence-electron chi connectivity index (χ1n) is 5.28. The number of aromatic nitrogens is 1. The molecule has 0 saturated carbocycles. The lowest BCUT2D eigenvalue weighted by Gasteiger charge is -2.09. The summed E-state index contributed by atoms with van der Waals surface area (Å²) >= 11 is 0. The zero-order valence-electron chi connectivity index (χ0n) is 9.85. The molecule has 0 saturated heterocycles. The van der Waals surface area contributed by atoms with Crippen LogP contribution in [0.1, 0.15) is 11.3 Å². The second kappa shape index (κ2) is 6.25. The Morgan fingerprint density at radius 3 is 2.94 bits per heavy atom. The van der Waals surface area contributed by atoms with Gasteiger partial charge in [0.05, 0.1) is 6.54 Å². The van der Waals surface area contributed by atoms with Crippen molar-refractivity contribution in [2.45, 2.75) is 13.0 Å². The number of allylic oxidation sites excluding steroid dienone is 1. The van der Waals surface area contributed by atoms with E-state index in [0.717, 1.165) is 12.2 Å². The van der Waals surface area contributed by atoms with E-state index in [4.69, 9.17) is 5.73 Å². The van der Waals surface area contributed by atoms with Gasteiger partial charge in [-0.05, 0) is 37.9 Å². The molecule has 0 aliphatic rings. The molecular formula is C12H19N3O. The average molecular weight is 221 g/mol.